The maximum absolute atomic E-state index is 11.9. The Morgan fingerprint density at radius 2 is 1.94 bits per heavy atom. The molecule has 0 heterocycles. The number of esters is 1. The van der Waals surface area contributed by atoms with Crippen LogP contribution in [0.5, 0.6) is 0 Å². The van der Waals surface area contributed by atoms with Crippen molar-refractivity contribution < 1.29 is 14.3 Å². The van der Waals surface area contributed by atoms with Crippen LogP contribution in [0.3, 0.4) is 0 Å². The minimum absolute atomic E-state index is 0.139. The van der Waals surface area contributed by atoms with Crippen molar-refractivity contribution in [1.82, 2.24) is 0 Å². The number of rotatable bonds is 6. The quantitative estimate of drug-likeness (QED) is 0.553. The van der Waals surface area contributed by atoms with Crippen LogP contribution < -0.4 is 5.73 Å². The molecule has 1 fully saturated rings. The van der Waals surface area contributed by atoms with Crippen LogP contribution in [-0.4, -0.2) is 31.8 Å². The molecule has 1 aliphatic rings. The molecular formula is C12H23NO3. The molecule has 4 heteroatoms. The highest BCUT2D eigenvalue weighted by atomic mass is 16.6. The molecule has 94 valence electrons. The van der Waals surface area contributed by atoms with Crippen molar-refractivity contribution in [3.05, 3.63) is 0 Å². The second-order valence-corrected chi connectivity index (χ2v) is 4.75. The van der Waals surface area contributed by atoms with Crippen molar-refractivity contribution in [2.45, 2.75) is 45.6 Å². The zero-order chi connectivity index (χ0) is 12.0. The molecule has 1 rings (SSSR count). The van der Waals surface area contributed by atoms with Crippen LogP contribution in [0.25, 0.3) is 0 Å². The van der Waals surface area contributed by atoms with Crippen molar-refractivity contribution >= 4 is 5.97 Å². The highest BCUT2D eigenvalue weighted by Gasteiger charge is 2.41. The second-order valence-electron chi connectivity index (χ2n) is 4.75. The van der Waals surface area contributed by atoms with Gasteiger partial charge < -0.3 is 15.2 Å². The molecular weight excluding hydrogens is 206 g/mol. The Morgan fingerprint density at radius 3 is 2.44 bits per heavy atom. The first-order valence-electron chi connectivity index (χ1n) is 6.09. The summed E-state index contributed by atoms with van der Waals surface area (Å²) in [7, 11) is 0. The van der Waals surface area contributed by atoms with E-state index in [1.54, 1.807) is 0 Å². The van der Waals surface area contributed by atoms with Gasteiger partial charge in [0.25, 0.3) is 0 Å². The number of carbonyl (C=O) groups is 1. The summed E-state index contributed by atoms with van der Waals surface area (Å²) in [6, 6.07) is 0. The standard InChI is InChI=1S/C12H23NO3/c1-10(2)15-7-8-16-11(14)12(9-13)5-3-4-6-12/h10H,3-9,13H2,1-2H3. The van der Waals surface area contributed by atoms with Gasteiger partial charge in [-0.1, -0.05) is 12.8 Å². The minimum Gasteiger partial charge on any atom is -0.463 e. The van der Waals surface area contributed by atoms with E-state index in [9.17, 15) is 4.79 Å². The number of nitrogens with two attached hydrogens (primary N) is 1. The van der Waals surface area contributed by atoms with Crippen molar-refractivity contribution in [3.8, 4) is 0 Å². The molecule has 0 bridgehead atoms. The third kappa shape index (κ3) is 3.46. The van der Waals surface area contributed by atoms with Crippen LogP contribution in [0.2, 0.25) is 0 Å². The topological polar surface area (TPSA) is 61.5 Å². The zero-order valence-electron chi connectivity index (χ0n) is 10.3. The van der Waals surface area contributed by atoms with Crippen LogP contribution >= 0.6 is 0 Å². The van der Waals surface area contributed by atoms with E-state index in [2.05, 4.69) is 0 Å². The van der Waals surface area contributed by atoms with Crippen LogP contribution in [0.4, 0.5) is 0 Å². The first-order chi connectivity index (χ1) is 7.60. The molecule has 1 saturated carbocycles. The smallest absolute Gasteiger partial charge is 0.313 e. The third-order valence-electron chi connectivity index (χ3n) is 3.15. The van der Waals surface area contributed by atoms with Gasteiger partial charge in [-0.3, -0.25) is 4.79 Å². The van der Waals surface area contributed by atoms with E-state index in [0.717, 1.165) is 25.7 Å². The van der Waals surface area contributed by atoms with Gasteiger partial charge in [-0.05, 0) is 26.7 Å². The van der Waals surface area contributed by atoms with Crippen molar-refractivity contribution in [3.63, 3.8) is 0 Å². The summed E-state index contributed by atoms with van der Waals surface area (Å²) >= 11 is 0. The molecule has 16 heavy (non-hydrogen) atoms. The SMILES string of the molecule is CC(C)OCCOC(=O)C1(CN)CCCC1. The van der Waals surface area contributed by atoms with Gasteiger partial charge in [-0.15, -0.1) is 0 Å². The van der Waals surface area contributed by atoms with E-state index in [4.69, 9.17) is 15.2 Å². The van der Waals surface area contributed by atoms with E-state index < -0.39 is 5.41 Å². The lowest BCUT2D eigenvalue weighted by Gasteiger charge is -2.24. The van der Waals surface area contributed by atoms with Crippen molar-refractivity contribution in [2.24, 2.45) is 11.1 Å². The van der Waals surface area contributed by atoms with E-state index in [0.29, 0.717) is 19.8 Å². The van der Waals surface area contributed by atoms with Crippen LogP contribution in [-0.2, 0) is 14.3 Å². The molecule has 0 aromatic carbocycles. The largest absolute Gasteiger partial charge is 0.463 e. The summed E-state index contributed by atoms with van der Waals surface area (Å²) in [5, 5.41) is 0. The average Bonchev–Trinajstić information content (AvgIpc) is 2.73. The van der Waals surface area contributed by atoms with Crippen LogP contribution in [0, 0.1) is 5.41 Å². The Balaban J connectivity index is 2.28. The molecule has 0 radical (unpaired) electrons. The highest BCUT2D eigenvalue weighted by molar-refractivity contribution is 5.77. The van der Waals surface area contributed by atoms with Gasteiger partial charge in [0.2, 0.25) is 0 Å². The molecule has 0 aromatic rings. The summed E-state index contributed by atoms with van der Waals surface area (Å²) in [5.74, 6) is -0.139. The predicted molar refractivity (Wildman–Crippen MR) is 62.0 cm³/mol. The van der Waals surface area contributed by atoms with Gasteiger partial charge in [0.15, 0.2) is 0 Å². The van der Waals surface area contributed by atoms with E-state index in [1.807, 2.05) is 13.8 Å². The lowest BCUT2D eigenvalue weighted by atomic mass is 9.86. The van der Waals surface area contributed by atoms with Gasteiger partial charge >= 0.3 is 5.97 Å². The maximum Gasteiger partial charge on any atom is 0.313 e. The molecule has 4 nitrogen and oxygen atoms in total. The van der Waals surface area contributed by atoms with Gasteiger partial charge in [0, 0.05) is 6.54 Å². The van der Waals surface area contributed by atoms with Gasteiger partial charge in [0.05, 0.1) is 18.1 Å². The Bertz CT molecular complexity index is 222. The minimum atomic E-state index is -0.405. The summed E-state index contributed by atoms with van der Waals surface area (Å²) in [6.07, 6.45) is 4.07. The first kappa shape index (κ1) is 13.5. The number of hydrogen-bond acceptors (Lipinski definition) is 4. The molecule has 0 unspecified atom stereocenters. The Morgan fingerprint density at radius 1 is 1.31 bits per heavy atom. The number of carbonyl (C=O) groups excluding carboxylic acids is 1. The summed E-state index contributed by atoms with van der Waals surface area (Å²) < 4.78 is 10.5. The third-order valence-corrected chi connectivity index (χ3v) is 3.15. The summed E-state index contributed by atoms with van der Waals surface area (Å²) in [5.41, 5.74) is 5.29. The Labute approximate surface area is 97.5 Å². The monoisotopic (exact) mass is 229 g/mol. The van der Waals surface area contributed by atoms with Crippen LogP contribution in [0.1, 0.15) is 39.5 Å². The van der Waals surface area contributed by atoms with E-state index >= 15 is 0 Å². The highest BCUT2D eigenvalue weighted by Crippen LogP contribution is 2.38. The van der Waals surface area contributed by atoms with E-state index in [1.165, 1.54) is 0 Å². The van der Waals surface area contributed by atoms with Crippen molar-refractivity contribution in [1.29, 1.82) is 0 Å². The number of ether oxygens (including phenoxy) is 2. The second kappa shape index (κ2) is 6.21. The Kier molecular flexibility index (Phi) is 5.22. The van der Waals surface area contributed by atoms with E-state index in [-0.39, 0.29) is 12.1 Å². The fraction of sp³-hybridized carbons (Fsp3) is 0.917. The predicted octanol–water partition coefficient (Wildman–Crippen LogP) is 1.47. The summed E-state index contributed by atoms with van der Waals surface area (Å²) in [6.45, 7) is 5.11. The van der Waals surface area contributed by atoms with Gasteiger partial charge in [-0.2, -0.15) is 0 Å². The first-order valence-corrected chi connectivity index (χ1v) is 6.09. The molecule has 2 N–H and O–H groups in total. The molecule has 0 aliphatic heterocycles. The lowest BCUT2D eigenvalue weighted by Crippen LogP contribution is -2.38. The van der Waals surface area contributed by atoms with Gasteiger partial charge in [0.1, 0.15) is 6.61 Å². The van der Waals surface area contributed by atoms with Crippen molar-refractivity contribution in [2.75, 3.05) is 19.8 Å². The van der Waals surface area contributed by atoms with Crippen LogP contribution in [0.15, 0.2) is 0 Å². The lowest BCUT2D eigenvalue weighted by molar-refractivity contribution is -0.157. The fourth-order valence-corrected chi connectivity index (χ4v) is 2.11. The average molecular weight is 229 g/mol. The molecule has 0 aromatic heterocycles. The molecule has 0 amide bonds. The Hall–Kier alpha value is -0.610. The zero-order valence-corrected chi connectivity index (χ0v) is 10.3. The molecule has 1 aliphatic carbocycles. The molecule has 0 spiro atoms. The normalized spacial score (nSPS) is 19.0. The number of hydrogen-bond donors (Lipinski definition) is 1. The van der Waals surface area contributed by atoms with Gasteiger partial charge in [-0.25, -0.2) is 0 Å². The summed E-state index contributed by atoms with van der Waals surface area (Å²) in [4.78, 5) is 11.9. The molecule has 0 atom stereocenters. The molecule has 0 saturated heterocycles. The maximum atomic E-state index is 11.9. The fourth-order valence-electron chi connectivity index (χ4n) is 2.11.